The zero-order valence-electron chi connectivity index (χ0n) is 13.4. The number of nitrogens with zero attached hydrogens (tertiary/aromatic N) is 2. The van der Waals surface area contributed by atoms with E-state index in [1.165, 1.54) is 15.8 Å². The summed E-state index contributed by atoms with van der Waals surface area (Å²) in [4.78, 5) is 12.5. The second-order valence-electron chi connectivity index (χ2n) is 5.84. The van der Waals surface area contributed by atoms with E-state index in [1.54, 1.807) is 36.2 Å². The Morgan fingerprint density at radius 1 is 1.42 bits per heavy atom. The van der Waals surface area contributed by atoms with E-state index in [0.717, 1.165) is 5.56 Å². The van der Waals surface area contributed by atoms with Gasteiger partial charge in [-0.25, -0.2) is 8.42 Å². The summed E-state index contributed by atoms with van der Waals surface area (Å²) in [6.45, 7) is 0.736. The second kappa shape index (κ2) is 8.11. The van der Waals surface area contributed by atoms with Crippen LogP contribution < -0.4 is 0 Å². The lowest BCUT2D eigenvalue weighted by Crippen LogP contribution is -2.46. The van der Waals surface area contributed by atoms with Crippen LogP contribution in [0.5, 0.6) is 0 Å². The number of hydrogen-bond donors (Lipinski definition) is 1. The SMILES string of the molecule is CN(CC(=O)O)C1CCN(S(=O)(=O)/C=C/c2cccc(Cl)c2)CC1. The van der Waals surface area contributed by atoms with Crippen molar-refractivity contribution in [3.63, 3.8) is 0 Å². The molecule has 1 aliphatic rings. The smallest absolute Gasteiger partial charge is 0.317 e. The van der Waals surface area contributed by atoms with Crippen LogP contribution in [0.2, 0.25) is 5.02 Å². The molecule has 0 saturated carbocycles. The van der Waals surface area contributed by atoms with Crippen molar-refractivity contribution in [2.75, 3.05) is 26.7 Å². The van der Waals surface area contributed by atoms with Gasteiger partial charge in [0.2, 0.25) is 10.0 Å². The number of aliphatic carboxylic acids is 1. The first-order valence-corrected chi connectivity index (χ1v) is 9.52. The molecule has 0 radical (unpaired) electrons. The van der Waals surface area contributed by atoms with Gasteiger partial charge in [-0.1, -0.05) is 23.7 Å². The Morgan fingerprint density at radius 3 is 2.67 bits per heavy atom. The molecule has 0 aromatic heterocycles. The average Bonchev–Trinajstić information content (AvgIpc) is 2.53. The number of likely N-dealkylation sites (N-methyl/N-ethyl adjacent to an activating group) is 1. The highest BCUT2D eigenvalue weighted by atomic mass is 35.5. The molecule has 0 unspecified atom stereocenters. The van der Waals surface area contributed by atoms with Crippen molar-refractivity contribution in [2.45, 2.75) is 18.9 Å². The number of carbonyl (C=O) groups is 1. The van der Waals surface area contributed by atoms with Crippen molar-refractivity contribution in [1.29, 1.82) is 0 Å². The van der Waals surface area contributed by atoms with Crippen molar-refractivity contribution in [1.82, 2.24) is 9.21 Å². The number of piperidine rings is 1. The van der Waals surface area contributed by atoms with Crippen LogP contribution in [-0.2, 0) is 14.8 Å². The molecule has 0 spiro atoms. The maximum atomic E-state index is 12.4. The maximum Gasteiger partial charge on any atom is 0.317 e. The third kappa shape index (κ3) is 5.31. The van der Waals surface area contributed by atoms with Gasteiger partial charge >= 0.3 is 5.97 Å². The number of carboxylic acids is 1. The summed E-state index contributed by atoms with van der Waals surface area (Å²) < 4.78 is 26.2. The van der Waals surface area contributed by atoms with Crippen LogP contribution >= 0.6 is 11.6 Å². The van der Waals surface area contributed by atoms with Gasteiger partial charge in [0.1, 0.15) is 0 Å². The minimum absolute atomic E-state index is 0.0356. The van der Waals surface area contributed by atoms with Gasteiger partial charge in [-0.3, -0.25) is 9.69 Å². The zero-order valence-corrected chi connectivity index (χ0v) is 15.0. The van der Waals surface area contributed by atoms with E-state index in [1.807, 2.05) is 0 Å². The number of rotatable bonds is 6. The highest BCUT2D eigenvalue weighted by Crippen LogP contribution is 2.20. The van der Waals surface area contributed by atoms with E-state index in [2.05, 4.69) is 0 Å². The Kier molecular flexibility index (Phi) is 6.40. The normalized spacial score (nSPS) is 17.6. The van der Waals surface area contributed by atoms with Crippen molar-refractivity contribution in [3.8, 4) is 0 Å². The number of carboxylic acid groups (broad SMARTS) is 1. The van der Waals surface area contributed by atoms with E-state index in [9.17, 15) is 13.2 Å². The van der Waals surface area contributed by atoms with Crippen molar-refractivity contribution in [2.24, 2.45) is 0 Å². The minimum Gasteiger partial charge on any atom is -0.480 e. The summed E-state index contributed by atoms with van der Waals surface area (Å²) in [5.74, 6) is -0.878. The molecular formula is C16H21ClN2O4S. The van der Waals surface area contributed by atoms with Gasteiger partial charge in [0.05, 0.1) is 6.54 Å². The lowest BCUT2D eigenvalue weighted by Gasteiger charge is -2.34. The van der Waals surface area contributed by atoms with E-state index in [-0.39, 0.29) is 12.6 Å². The van der Waals surface area contributed by atoms with E-state index >= 15 is 0 Å². The average molecular weight is 373 g/mol. The molecule has 0 amide bonds. The van der Waals surface area contributed by atoms with Crippen LogP contribution in [0.3, 0.4) is 0 Å². The Balaban J connectivity index is 1.96. The molecule has 1 aliphatic heterocycles. The predicted molar refractivity (Wildman–Crippen MR) is 94.3 cm³/mol. The first-order chi connectivity index (χ1) is 11.3. The Hall–Kier alpha value is -1.41. The molecular weight excluding hydrogens is 352 g/mol. The van der Waals surface area contributed by atoms with Gasteiger partial charge in [-0.05, 0) is 43.7 Å². The van der Waals surface area contributed by atoms with Gasteiger partial charge in [0, 0.05) is 29.6 Å². The summed E-state index contributed by atoms with van der Waals surface area (Å²) in [5.41, 5.74) is 0.724. The quantitative estimate of drug-likeness (QED) is 0.827. The Bertz CT molecular complexity index is 713. The third-order valence-corrected chi connectivity index (χ3v) is 5.87. The van der Waals surface area contributed by atoms with E-state index in [0.29, 0.717) is 31.0 Å². The highest BCUT2D eigenvalue weighted by Gasteiger charge is 2.28. The lowest BCUT2D eigenvalue weighted by molar-refractivity contribution is -0.138. The molecule has 0 atom stereocenters. The molecule has 24 heavy (non-hydrogen) atoms. The van der Waals surface area contributed by atoms with Crippen molar-refractivity contribution < 1.29 is 18.3 Å². The van der Waals surface area contributed by atoms with Gasteiger partial charge in [0.25, 0.3) is 0 Å². The van der Waals surface area contributed by atoms with Crippen LogP contribution in [0.4, 0.5) is 0 Å². The van der Waals surface area contributed by atoms with E-state index < -0.39 is 16.0 Å². The molecule has 1 aromatic rings. The third-order valence-electron chi connectivity index (χ3n) is 4.07. The van der Waals surface area contributed by atoms with Crippen molar-refractivity contribution >= 4 is 33.7 Å². The second-order valence-corrected chi connectivity index (χ2v) is 8.10. The molecule has 0 aliphatic carbocycles. The molecule has 132 valence electrons. The summed E-state index contributed by atoms with van der Waals surface area (Å²) in [6, 6.07) is 7.06. The summed E-state index contributed by atoms with van der Waals surface area (Å²) in [7, 11) is -1.74. The molecule has 2 rings (SSSR count). The van der Waals surface area contributed by atoms with Crippen LogP contribution in [0, 0.1) is 0 Å². The van der Waals surface area contributed by atoms with Crippen LogP contribution in [-0.4, -0.2) is 61.4 Å². The minimum atomic E-state index is -3.49. The van der Waals surface area contributed by atoms with Crippen molar-refractivity contribution in [3.05, 3.63) is 40.3 Å². The fourth-order valence-electron chi connectivity index (χ4n) is 2.74. The fourth-order valence-corrected chi connectivity index (χ4v) is 4.16. The van der Waals surface area contributed by atoms with Crippen LogP contribution in [0.1, 0.15) is 18.4 Å². The number of benzene rings is 1. The van der Waals surface area contributed by atoms with Crippen LogP contribution in [0.25, 0.3) is 6.08 Å². The molecule has 6 nitrogen and oxygen atoms in total. The Labute approximate surface area is 147 Å². The number of halogens is 1. The standard InChI is InChI=1S/C16H21ClN2O4S/c1-18(12-16(20)21)15-5-8-19(9-6-15)24(22,23)10-7-13-3-2-4-14(17)11-13/h2-4,7,10-11,15H,5-6,8-9,12H2,1H3,(H,20,21)/b10-7+. The topological polar surface area (TPSA) is 77.9 Å². The van der Waals surface area contributed by atoms with Gasteiger partial charge < -0.3 is 5.11 Å². The highest BCUT2D eigenvalue weighted by molar-refractivity contribution is 7.92. The number of sulfonamides is 1. The summed E-state index contributed by atoms with van der Waals surface area (Å²) in [6.07, 6.45) is 2.77. The largest absolute Gasteiger partial charge is 0.480 e. The molecule has 1 saturated heterocycles. The molecule has 0 bridgehead atoms. The molecule has 1 heterocycles. The van der Waals surface area contributed by atoms with E-state index in [4.69, 9.17) is 16.7 Å². The molecule has 1 aromatic carbocycles. The van der Waals surface area contributed by atoms with Gasteiger partial charge in [-0.15, -0.1) is 0 Å². The Morgan fingerprint density at radius 2 is 2.08 bits per heavy atom. The fraction of sp³-hybridized carbons (Fsp3) is 0.438. The summed E-state index contributed by atoms with van der Waals surface area (Å²) in [5, 5.41) is 10.6. The van der Waals surface area contributed by atoms with Crippen LogP contribution in [0.15, 0.2) is 29.7 Å². The monoisotopic (exact) mass is 372 g/mol. The first kappa shape index (κ1) is 18.9. The number of hydrogen-bond acceptors (Lipinski definition) is 4. The van der Waals surface area contributed by atoms with Gasteiger partial charge in [-0.2, -0.15) is 4.31 Å². The first-order valence-electron chi connectivity index (χ1n) is 7.64. The molecule has 1 fully saturated rings. The molecule has 1 N–H and O–H groups in total. The lowest BCUT2D eigenvalue weighted by atomic mass is 10.1. The zero-order chi connectivity index (χ0) is 17.7. The maximum absolute atomic E-state index is 12.4. The predicted octanol–water partition coefficient (Wildman–Crippen LogP) is 2.12. The summed E-state index contributed by atoms with van der Waals surface area (Å²) >= 11 is 5.89. The molecule has 8 heteroatoms. The van der Waals surface area contributed by atoms with Gasteiger partial charge in [0.15, 0.2) is 0 Å².